The molecule has 20 heavy (non-hydrogen) atoms. The van der Waals surface area contributed by atoms with Gasteiger partial charge in [0.05, 0.1) is 18.6 Å². The van der Waals surface area contributed by atoms with Crippen molar-refractivity contribution in [3.8, 4) is 5.75 Å². The first kappa shape index (κ1) is 14.5. The van der Waals surface area contributed by atoms with Crippen molar-refractivity contribution in [1.82, 2.24) is 4.98 Å². The second-order valence-corrected chi connectivity index (χ2v) is 6.23. The van der Waals surface area contributed by atoms with Crippen molar-refractivity contribution in [2.45, 2.75) is 17.2 Å². The molecule has 6 heteroatoms. The molecule has 0 unspecified atom stereocenters. The molecule has 0 saturated carbocycles. The quantitative estimate of drug-likeness (QED) is 0.903. The van der Waals surface area contributed by atoms with Gasteiger partial charge in [-0.25, -0.2) is 8.42 Å². The molecular weight excluding hydrogens is 276 g/mol. The highest BCUT2D eigenvalue weighted by atomic mass is 32.2. The van der Waals surface area contributed by atoms with Gasteiger partial charge in [-0.05, 0) is 29.8 Å². The lowest BCUT2D eigenvalue weighted by atomic mass is 10.2. The fourth-order valence-corrected chi connectivity index (χ4v) is 3.42. The molecule has 0 saturated heterocycles. The Balaban J connectivity index is 2.35. The van der Waals surface area contributed by atoms with Gasteiger partial charge in [-0.1, -0.05) is 12.1 Å². The summed E-state index contributed by atoms with van der Waals surface area (Å²) in [4.78, 5) is 4.24. The second kappa shape index (κ2) is 6.02. The van der Waals surface area contributed by atoms with Gasteiger partial charge in [0.25, 0.3) is 0 Å². The monoisotopic (exact) mass is 292 g/mol. The number of benzene rings is 1. The largest absolute Gasteiger partial charge is 0.495 e. The minimum absolute atomic E-state index is 0.108. The van der Waals surface area contributed by atoms with Gasteiger partial charge in [-0.2, -0.15) is 0 Å². The predicted molar refractivity (Wildman–Crippen MR) is 76.0 cm³/mol. The average Bonchev–Trinajstić information content (AvgIpc) is 2.47. The molecule has 0 aliphatic carbocycles. The minimum atomic E-state index is -3.47. The molecule has 106 valence electrons. The van der Waals surface area contributed by atoms with Crippen molar-refractivity contribution >= 4 is 9.84 Å². The van der Waals surface area contributed by atoms with Gasteiger partial charge < -0.3 is 10.5 Å². The molecule has 0 fully saturated rings. The molecule has 0 amide bonds. The highest BCUT2D eigenvalue weighted by molar-refractivity contribution is 7.90. The first-order valence-electron chi connectivity index (χ1n) is 6.06. The van der Waals surface area contributed by atoms with Crippen LogP contribution in [0.3, 0.4) is 0 Å². The van der Waals surface area contributed by atoms with E-state index in [-0.39, 0.29) is 17.2 Å². The topological polar surface area (TPSA) is 82.3 Å². The third kappa shape index (κ3) is 3.15. The van der Waals surface area contributed by atoms with E-state index in [1.807, 2.05) is 0 Å². The molecular formula is C14H16N2O3S. The van der Waals surface area contributed by atoms with E-state index in [0.29, 0.717) is 17.0 Å². The van der Waals surface area contributed by atoms with Gasteiger partial charge in [0, 0.05) is 12.7 Å². The molecule has 1 aromatic carbocycles. The first-order chi connectivity index (χ1) is 9.56. The summed E-state index contributed by atoms with van der Waals surface area (Å²) < 4.78 is 30.0. The van der Waals surface area contributed by atoms with E-state index in [4.69, 9.17) is 10.5 Å². The van der Waals surface area contributed by atoms with E-state index in [1.54, 1.807) is 42.6 Å². The van der Waals surface area contributed by atoms with Crippen molar-refractivity contribution in [3.63, 3.8) is 0 Å². The molecule has 1 aromatic heterocycles. The zero-order valence-corrected chi connectivity index (χ0v) is 11.9. The third-order valence-corrected chi connectivity index (χ3v) is 4.57. The van der Waals surface area contributed by atoms with Gasteiger partial charge in [-0.3, -0.25) is 4.98 Å². The summed E-state index contributed by atoms with van der Waals surface area (Å²) in [5.74, 6) is 0.240. The molecule has 2 N–H and O–H groups in total. The van der Waals surface area contributed by atoms with Crippen LogP contribution in [0.25, 0.3) is 0 Å². The standard InChI is InChI=1S/C14H16N2O3S/c1-19-13-4-2-3-5-14(13)20(17,18)10-11-6-7-16-12(8-11)9-15/h2-8H,9-10,15H2,1H3. The summed E-state index contributed by atoms with van der Waals surface area (Å²) in [5.41, 5.74) is 6.83. The van der Waals surface area contributed by atoms with Crippen LogP contribution >= 0.6 is 0 Å². The number of sulfone groups is 1. The number of pyridine rings is 1. The van der Waals surface area contributed by atoms with Gasteiger partial charge >= 0.3 is 0 Å². The SMILES string of the molecule is COc1ccccc1S(=O)(=O)Cc1ccnc(CN)c1. The molecule has 0 atom stereocenters. The van der Waals surface area contributed by atoms with E-state index in [9.17, 15) is 8.42 Å². The fraction of sp³-hybridized carbons (Fsp3) is 0.214. The zero-order valence-electron chi connectivity index (χ0n) is 11.1. The van der Waals surface area contributed by atoms with Crippen LogP contribution < -0.4 is 10.5 Å². The number of hydrogen-bond acceptors (Lipinski definition) is 5. The van der Waals surface area contributed by atoms with Crippen LogP contribution in [-0.2, 0) is 22.1 Å². The number of rotatable bonds is 5. The van der Waals surface area contributed by atoms with Crippen LogP contribution in [0.15, 0.2) is 47.5 Å². The number of para-hydroxylation sites is 1. The highest BCUT2D eigenvalue weighted by Gasteiger charge is 2.19. The Kier molecular flexibility index (Phi) is 4.36. The van der Waals surface area contributed by atoms with E-state index < -0.39 is 9.84 Å². The lowest BCUT2D eigenvalue weighted by molar-refractivity contribution is 0.402. The predicted octanol–water partition coefficient (Wildman–Crippen LogP) is 1.52. The van der Waals surface area contributed by atoms with Crippen LogP contribution in [0.1, 0.15) is 11.3 Å². The number of aromatic nitrogens is 1. The van der Waals surface area contributed by atoms with E-state index in [0.717, 1.165) is 0 Å². The minimum Gasteiger partial charge on any atom is -0.495 e. The van der Waals surface area contributed by atoms with Crippen LogP contribution in [0, 0.1) is 0 Å². The summed E-state index contributed by atoms with van der Waals surface area (Å²) >= 11 is 0. The summed E-state index contributed by atoms with van der Waals surface area (Å²) in [6, 6.07) is 9.95. The summed E-state index contributed by atoms with van der Waals surface area (Å²) in [6.45, 7) is 0.280. The maximum absolute atomic E-state index is 12.4. The molecule has 0 bridgehead atoms. The number of hydrogen-bond donors (Lipinski definition) is 1. The molecule has 2 rings (SSSR count). The van der Waals surface area contributed by atoms with E-state index in [1.165, 1.54) is 7.11 Å². The van der Waals surface area contributed by atoms with Crippen molar-refractivity contribution in [2.24, 2.45) is 5.73 Å². The molecule has 0 aliphatic rings. The highest BCUT2D eigenvalue weighted by Crippen LogP contribution is 2.26. The molecule has 0 aliphatic heterocycles. The van der Waals surface area contributed by atoms with Crippen LogP contribution in [0.2, 0.25) is 0 Å². The third-order valence-electron chi connectivity index (χ3n) is 2.85. The van der Waals surface area contributed by atoms with Crippen LogP contribution in [0.5, 0.6) is 5.75 Å². The van der Waals surface area contributed by atoms with E-state index >= 15 is 0 Å². The molecule has 1 heterocycles. The molecule has 0 spiro atoms. The maximum atomic E-state index is 12.4. The Morgan fingerprint density at radius 3 is 2.70 bits per heavy atom. The molecule has 0 radical (unpaired) electrons. The Hall–Kier alpha value is -1.92. The van der Waals surface area contributed by atoms with Crippen molar-refractivity contribution in [1.29, 1.82) is 0 Å². The van der Waals surface area contributed by atoms with Crippen molar-refractivity contribution in [2.75, 3.05) is 7.11 Å². The first-order valence-corrected chi connectivity index (χ1v) is 7.71. The molecule has 2 aromatic rings. The lowest BCUT2D eigenvalue weighted by Gasteiger charge is -2.09. The lowest BCUT2D eigenvalue weighted by Crippen LogP contribution is -2.08. The smallest absolute Gasteiger partial charge is 0.186 e. The summed E-state index contributed by atoms with van der Waals surface area (Å²) in [6.07, 6.45) is 1.56. The Bertz CT molecular complexity index is 699. The van der Waals surface area contributed by atoms with E-state index in [2.05, 4.69) is 4.98 Å². The summed E-state index contributed by atoms with van der Waals surface area (Å²) in [5, 5.41) is 0. The average molecular weight is 292 g/mol. The number of nitrogens with two attached hydrogens (primary N) is 1. The Morgan fingerprint density at radius 2 is 2.00 bits per heavy atom. The maximum Gasteiger partial charge on any atom is 0.186 e. The zero-order chi connectivity index (χ0) is 14.6. The fourth-order valence-electron chi connectivity index (χ4n) is 1.90. The summed E-state index contributed by atoms with van der Waals surface area (Å²) in [7, 11) is -2.02. The van der Waals surface area contributed by atoms with Gasteiger partial charge in [-0.15, -0.1) is 0 Å². The van der Waals surface area contributed by atoms with Crippen LogP contribution in [-0.4, -0.2) is 20.5 Å². The Labute approximate surface area is 118 Å². The Morgan fingerprint density at radius 1 is 1.25 bits per heavy atom. The second-order valence-electron chi connectivity index (χ2n) is 4.27. The number of ether oxygens (including phenoxy) is 1. The number of methoxy groups -OCH3 is 1. The number of nitrogens with zero attached hydrogens (tertiary/aromatic N) is 1. The van der Waals surface area contributed by atoms with Crippen molar-refractivity contribution in [3.05, 3.63) is 53.9 Å². The molecule has 5 nitrogen and oxygen atoms in total. The van der Waals surface area contributed by atoms with Crippen molar-refractivity contribution < 1.29 is 13.2 Å². The van der Waals surface area contributed by atoms with Gasteiger partial charge in [0.1, 0.15) is 10.6 Å². The van der Waals surface area contributed by atoms with Crippen LogP contribution in [0.4, 0.5) is 0 Å². The van der Waals surface area contributed by atoms with Gasteiger partial charge in [0.15, 0.2) is 9.84 Å². The van der Waals surface area contributed by atoms with Gasteiger partial charge in [0.2, 0.25) is 0 Å². The normalized spacial score (nSPS) is 11.3.